The molecule has 0 saturated carbocycles. The van der Waals surface area contributed by atoms with Crippen molar-refractivity contribution in [2.75, 3.05) is 20.1 Å². The van der Waals surface area contributed by atoms with E-state index in [2.05, 4.69) is 56.1 Å². The van der Waals surface area contributed by atoms with Crippen LogP contribution in [0.25, 0.3) is 33.2 Å². The van der Waals surface area contributed by atoms with Gasteiger partial charge in [-0.1, -0.05) is 34.1 Å². The topological polar surface area (TPSA) is 53.9 Å². The fourth-order valence-corrected chi connectivity index (χ4v) is 4.22. The number of imidazole rings is 1. The van der Waals surface area contributed by atoms with Gasteiger partial charge < -0.3 is 9.88 Å². The van der Waals surface area contributed by atoms with Crippen LogP contribution in [0.1, 0.15) is 12.0 Å². The predicted molar refractivity (Wildman–Crippen MR) is 117 cm³/mol. The molecule has 0 radical (unpaired) electrons. The predicted octanol–water partition coefficient (Wildman–Crippen LogP) is 4.35. The number of aromatic amines is 1. The Morgan fingerprint density at radius 2 is 1.96 bits per heavy atom. The molecule has 1 N–H and O–H groups in total. The van der Waals surface area contributed by atoms with Gasteiger partial charge in [-0.15, -0.1) is 0 Å². The molecule has 0 spiro atoms. The van der Waals surface area contributed by atoms with Crippen LogP contribution >= 0.6 is 15.9 Å². The molecule has 0 saturated heterocycles. The van der Waals surface area contributed by atoms with Crippen LogP contribution < -0.4 is 5.69 Å². The van der Waals surface area contributed by atoms with Crippen molar-refractivity contribution in [2.45, 2.75) is 6.42 Å². The molecule has 0 unspecified atom stereocenters. The van der Waals surface area contributed by atoms with Gasteiger partial charge in [-0.2, -0.15) is 0 Å². The Labute approximate surface area is 170 Å². The number of aromatic nitrogens is 3. The molecule has 140 valence electrons. The van der Waals surface area contributed by atoms with E-state index < -0.39 is 0 Å². The van der Waals surface area contributed by atoms with Gasteiger partial charge in [0.25, 0.3) is 0 Å². The molecule has 28 heavy (non-hydrogen) atoms. The molecular formula is C22H19BrN4O. The van der Waals surface area contributed by atoms with Crippen molar-refractivity contribution >= 4 is 43.4 Å². The number of H-pyrrole nitrogens is 1. The molecule has 6 heteroatoms. The molecule has 1 aliphatic rings. The Kier molecular flexibility index (Phi) is 4.18. The lowest BCUT2D eigenvalue weighted by Crippen LogP contribution is -2.23. The summed E-state index contributed by atoms with van der Waals surface area (Å²) in [6, 6.07) is 14.2. The fourth-order valence-electron chi connectivity index (χ4n) is 3.86. The second-order valence-corrected chi connectivity index (χ2v) is 8.15. The number of nitrogens with one attached hydrogen (secondary N) is 1. The summed E-state index contributed by atoms with van der Waals surface area (Å²) in [4.78, 5) is 22.4. The molecule has 3 heterocycles. The number of rotatable bonds is 2. The van der Waals surface area contributed by atoms with Crippen molar-refractivity contribution in [2.24, 2.45) is 0 Å². The van der Waals surface area contributed by atoms with Gasteiger partial charge in [0.05, 0.1) is 28.4 Å². The van der Waals surface area contributed by atoms with E-state index >= 15 is 0 Å². The maximum absolute atomic E-state index is 12.7. The molecule has 0 bridgehead atoms. The van der Waals surface area contributed by atoms with E-state index in [0.717, 1.165) is 51.6 Å². The molecule has 1 aliphatic heterocycles. The van der Waals surface area contributed by atoms with Gasteiger partial charge in [0.1, 0.15) is 0 Å². The first-order valence-electron chi connectivity index (χ1n) is 9.27. The molecule has 0 aliphatic carbocycles. The first kappa shape index (κ1) is 17.4. The molecule has 4 aromatic rings. The maximum Gasteiger partial charge on any atom is 0.331 e. The van der Waals surface area contributed by atoms with Crippen LogP contribution in [-0.2, 0) is 0 Å². The number of fused-ring (bicyclic) bond motifs is 3. The number of halogens is 1. The zero-order chi connectivity index (χ0) is 19.3. The number of hydrogen-bond acceptors (Lipinski definition) is 3. The summed E-state index contributed by atoms with van der Waals surface area (Å²) >= 11 is 3.53. The third-order valence-electron chi connectivity index (χ3n) is 5.38. The average Bonchev–Trinajstić information content (AvgIpc) is 3.05. The van der Waals surface area contributed by atoms with Crippen LogP contribution in [-0.4, -0.2) is 39.6 Å². The van der Waals surface area contributed by atoms with E-state index in [0.29, 0.717) is 0 Å². The second-order valence-electron chi connectivity index (χ2n) is 7.24. The van der Waals surface area contributed by atoms with Crippen molar-refractivity contribution in [3.63, 3.8) is 0 Å². The van der Waals surface area contributed by atoms with Crippen LogP contribution in [0.5, 0.6) is 0 Å². The lowest BCUT2D eigenvalue weighted by molar-refractivity contribution is 0.370. The zero-order valence-corrected chi connectivity index (χ0v) is 17.0. The molecule has 5 nitrogen and oxygen atoms in total. The van der Waals surface area contributed by atoms with Crippen molar-refractivity contribution in [3.05, 3.63) is 75.3 Å². The van der Waals surface area contributed by atoms with Crippen LogP contribution in [0.4, 0.5) is 0 Å². The van der Waals surface area contributed by atoms with Gasteiger partial charge >= 0.3 is 5.69 Å². The summed E-state index contributed by atoms with van der Waals surface area (Å²) in [6.07, 6.45) is 5.06. The SMILES string of the molecule is CN1CC=C(c2ccc(-n3c(=O)[nH]c4cnc5ccc(Br)cc5c43)cc2)CC1. The normalized spacial score (nSPS) is 15.3. The van der Waals surface area contributed by atoms with E-state index in [1.165, 1.54) is 11.1 Å². The molecule has 2 aromatic heterocycles. The van der Waals surface area contributed by atoms with Crippen molar-refractivity contribution in [1.29, 1.82) is 0 Å². The average molecular weight is 435 g/mol. The summed E-state index contributed by atoms with van der Waals surface area (Å²) < 4.78 is 2.69. The van der Waals surface area contributed by atoms with Crippen LogP contribution in [0, 0.1) is 0 Å². The highest BCUT2D eigenvalue weighted by molar-refractivity contribution is 9.10. The Morgan fingerprint density at radius 3 is 2.71 bits per heavy atom. The summed E-state index contributed by atoms with van der Waals surface area (Å²) in [5, 5.41) is 0.937. The van der Waals surface area contributed by atoms with E-state index in [9.17, 15) is 4.79 Å². The van der Waals surface area contributed by atoms with Crippen LogP contribution in [0.2, 0.25) is 0 Å². The van der Waals surface area contributed by atoms with Gasteiger partial charge in [0, 0.05) is 22.9 Å². The summed E-state index contributed by atoms with van der Waals surface area (Å²) in [6.45, 7) is 2.05. The number of hydrogen-bond donors (Lipinski definition) is 1. The minimum absolute atomic E-state index is 0.157. The van der Waals surface area contributed by atoms with Gasteiger partial charge in [-0.05, 0) is 54.9 Å². The summed E-state index contributed by atoms with van der Waals surface area (Å²) in [7, 11) is 2.14. The maximum atomic E-state index is 12.7. The van der Waals surface area contributed by atoms with Crippen molar-refractivity contribution in [1.82, 2.24) is 19.4 Å². The Bertz CT molecular complexity index is 1280. The third-order valence-corrected chi connectivity index (χ3v) is 5.87. The number of nitrogens with zero attached hydrogens (tertiary/aromatic N) is 3. The lowest BCUT2D eigenvalue weighted by Gasteiger charge is -2.22. The van der Waals surface area contributed by atoms with Crippen molar-refractivity contribution in [3.8, 4) is 5.69 Å². The van der Waals surface area contributed by atoms with E-state index in [4.69, 9.17) is 0 Å². The van der Waals surface area contributed by atoms with Gasteiger partial charge in [0.2, 0.25) is 0 Å². The third kappa shape index (κ3) is 2.89. The van der Waals surface area contributed by atoms with E-state index in [1.54, 1.807) is 10.8 Å². The first-order valence-corrected chi connectivity index (χ1v) is 10.1. The minimum atomic E-state index is -0.157. The van der Waals surface area contributed by atoms with Gasteiger partial charge in [-0.3, -0.25) is 9.55 Å². The molecule has 5 rings (SSSR count). The van der Waals surface area contributed by atoms with Gasteiger partial charge in [0.15, 0.2) is 0 Å². The Morgan fingerprint density at radius 1 is 1.14 bits per heavy atom. The summed E-state index contributed by atoms with van der Waals surface area (Å²) in [5.74, 6) is 0. The largest absolute Gasteiger partial charge is 0.331 e. The lowest BCUT2D eigenvalue weighted by atomic mass is 9.99. The molecule has 0 fully saturated rings. The summed E-state index contributed by atoms with van der Waals surface area (Å²) in [5.41, 5.74) is 5.72. The standard InChI is InChI=1S/C22H19BrN4O/c1-26-10-8-15(9-11-26)14-2-5-17(6-3-14)27-21-18-12-16(23)4-7-19(18)24-13-20(21)25-22(27)28/h2-8,12-13H,9-11H2,1H3,(H,25,28). The minimum Gasteiger partial charge on any atom is -0.304 e. The Hall–Kier alpha value is -2.70. The first-order chi connectivity index (χ1) is 13.6. The van der Waals surface area contributed by atoms with E-state index in [1.807, 2.05) is 30.3 Å². The quantitative estimate of drug-likeness (QED) is 0.510. The number of benzene rings is 2. The highest BCUT2D eigenvalue weighted by atomic mass is 79.9. The molecular weight excluding hydrogens is 416 g/mol. The zero-order valence-electron chi connectivity index (χ0n) is 15.4. The second kappa shape index (κ2) is 6.72. The fraction of sp³-hybridized carbons (Fsp3) is 0.182. The van der Waals surface area contributed by atoms with Crippen LogP contribution in [0.3, 0.4) is 0 Å². The molecule has 0 amide bonds. The number of pyridine rings is 1. The smallest absolute Gasteiger partial charge is 0.304 e. The number of likely N-dealkylation sites (N-methyl/N-ethyl adjacent to an activating group) is 1. The Balaban J connectivity index is 1.66. The van der Waals surface area contributed by atoms with Crippen molar-refractivity contribution < 1.29 is 0 Å². The molecule has 2 aromatic carbocycles. The molecule has 0 atom stereocenters. The monoisotopic (exact) mass is 434 g/mol. The highest BCUT2D eigenvalue weighted by Crippen LogP contribution is 2.28. The van der Waals surface area contributed by atoms with Crippen LogP contribution in [0.15, 0.2) is 64.0 Å². The van der Waals surface area contributed by atoms with E-state index in [-0.39, 0.29) is 5.69 Å². The van der Waals surface area contributed by atoms with Gasteiger partial charge in [-0.25, -0.2) is 4.79 Å². The highest BCUT2D eigenvalue weighted by Gasteiger charge is 2.14.